The summed E-state index contributed by atoms with van der Waals surface area (Å²) >= 11 is 0. The first-order chi connectivity index (χ1) is 9.03. The maximum atomic E-state index is 6.19. The Morgan fingerprint density at radius 1 is 1.32 bits per heavy atom. The molecule has 0 saturated carbocycles. The van der Waals surface area contributed by atoms with Crippen LogP contribution in [-0.4, -0.2) is 19.8 Å². The van der Waals surface area contributed by atoms with Crippen molar-refractivity contribution in [1.29, 1.82) is 0 Å². The molecule has 0 aliphatic heterocycles. The summed E-state index contributed by atoms with van der Waals surface area (Å²) in [5, 5.41) is 3.66. The van der Waals surface area contributed by atoms with Crippen LogP contribution in [0.1, 0.15) is 50.4 Å². The molecule has 19 heavy (non-hydrogen) atoms. The molecule has 0 radical (unpaired) electrons. The Morgan fingerprint density at radius 2 is 2.00 bits per heavy atom. The van der Waals surface area contributed by atoms with E-state index in [-0.39, 0.29) is 11.5 Å². The van der Waals surface area contributed by atoms with Gasteiger partial charge >= 0.3 is 0 Å². The molecule has 2 rings (SSSR count). The second-order valence-electron chi connectivity index (χ2n) is 6.21. The van der Waals surface area contributed by atoms with E-state index in [4.69, 9.17) is 10.5 Å². The monoisotopic (exact) mass is 262 g/mol. The molecule has 1 aromatic carbocycles. The summed E-state index contributed by atoms with van der Waals surface area (Å²) in [7, 11) is 0. The average molecular weight is 262 g/mol. The Morgan fingerprint density at radius 3 is 2.68 bits per heavy atom. The second kappa shape index (κ2) is 6.04. The third-order valence-electron chi connectivity index (χ3n) is 3.78. The molecule has 2 unspecified atom stereocenters. The lowest BCUT2D eigenvalue weighted by atomic mass is 9.94. The van der Waals surface area contributed by atoms with Gasteiger partial charge in [0.2, 0.25) is 0 Å². The van der Waals surface area contributed by atoms with Gasteiger partial charge in [0.05, 0.1) is 6.61 Å². The van der Waals surface area contributed by atoms with Crippen molar-refractivity contribution in [2.45, 2.75) is 39.3 Å². The summed E-state index contributed by atoms with van der Waals surface area (Å²) in [4.78, 5) is 0. The lowest BCUT2D eigenvalue weighted by Gasteiger charge is -2.27. The predicted octanol–water partition coefficient (Wildman–Crippen LogP) is 2.78. The first-order valence-electron chi connectivity index (χ1n) is 7.19. The molecule has 3 nitrogen and oxygen atoms in total. The van der Waals surface area contributed by atoms with Gasteiger partial charge in [0.25, 0.3) is 0 Å². The molecule has 0 bridgehead atoms. The van der Waals surface area contributed by atoms with Crippen LogP contribution >= 0.6 is 0 Å². The standard InChI is InChI=1S/C16H26N2O/c1-4-19-11-16(2,3)10-18-15-9-14(17)12-7-5-6-8-13(12)15/h5-8,14-15,18H,4,9-11,17H2,1-3H3. The Balaban J connectivity index is 1.95. The highest BCUT2D eigenvalue weighted by Gasteiger charge is 2.29. The second-order valence-corrected chi connectivity index (χ2v) is 6.21. The highest BCUT2D eigenvalue weighted by molar-refractivity contribution is 5.37. The van der Waals surface area contributed by atoms with Crippen LogP contribution in [0.4, 0.5) is 0 Å². The topological polar surface area (TPSA) is 47.3 Å². The van der Waals surface area contributed by atoms with Crippen molar-refractivity contribution >= 4 is 0 Å². The Hall–Kier alpha value is -0.900. The molecule has 106 valence electrons. The van der Waals surface area contributed by atoms with Crippen molar-refractivity contribution in [2.24, 2.45) is 11.1 Å². The minimum Gasteiger partial charge on any atom is -0.381 e. The van der Waals surface area contributed by atoms with Gasteiger partial charge in [-0.15, -0.1) is 0 Å². The molecule has 3 N–H and O–H groups in total. The van der Waals surface area contributed by atoms with Gasteiger partial charge in [-0.1, -0.05) is 38.1 Å². The quantitative estimate of drug-likeness (QED) is 0.828. The van der Waals surface area contributed by atoms with Crippen LogP contribution in [0.3, 0.4) is 0 Å². The highest BCUT2D eigenvalue weighted by Crippen LogP contribution is 2.37. The lowest BCUT2D eigenvalue weighted by Crippen LogP contribution is -2.35. The molecular weight excluding hydrogens is 236 g/mol. The minimum atomic E-state index is 0.150. The highest BCUT2D eigenvalue weighted by atomic mass is 16.5. The number of benzene rings is 1. The molecule has 0 saturated heterocycles. The van der Waals surface area contributed by atoms with Crippen LogP contribution in [0.15, 0.2) is 24.3 Å². The van der Waals surface area contributed by atoms with Gasteiger partial charge in [-0.2, -0.15) is 0 Å². The molecule has 0 fully saturated rings. The molecule has 0 aromatic heterocycles. The number of rotatable bonds is 6. The van der Waals surface area contributed by atoms with Crippen LogP contribution in [-0.2, 0) is 4.74 Å². The summed E-state index contributed by atoms with van der Waals surface area (Å²) in [6.45, 7) is 9.01. The lowest BCUT2D eigenvalue weighted by molar-refractivity contribution is 0.0688. The van der Waals surface area contributed by atoms with E-state index in [2.05, 4.69) is 43.4 Å². The number of nitrogens with two attached hydrogens (primary N) is 1. The van der Waals surface area contributed by atoms with E-state index in [1.807, 2.05) is 6.92 Å². The van der Waals surface area contributed by atoms with Crippen LogP contribution in [0.2, 0.25) is 0 Å². The van der Waals surface area contributed by atoms with Crippen molar-refractivity contribution < 1.29 is 4.74 Å². The number of hydrogen-bond donors (Lipinski definition) is 2. The zero-order valence-corrected chi connectivity index (χ0v) is 12.3. The minimum absolute atomic E-state index is 0.150. The average Bonchev–Trinajstić information content (AvgIpc) is 2.72. The van der Waals surface area contributed by atoms with E-state index in [1.54, 1.807) is 0 Å². The van der Waals surface area contributed by atoms with Gasteiger partial charge in [0, 0.05) is 30.7 Å². The van der Waals surface area contributed by atoms with E-state index in [1.165, 1.54) is 11.1 Å². The largest absolute Gasteiger partial charge is 0.381 e. The van der Waals surface area contributed by atoms with Crippen LogP contribution < -0.4 is 11.1 Å². The molecule has 0 spiro atoms. The van der Waals surface area contributed by atoms with Gasteiger partial charge in [-0.05, 0) is 24.5 Å². The smallest absolute Gasteiger partial charge is 0.0529 e. The zero-order valence-electron chi connectivity index (χ0n) is 12.3. The Kier molecular flexibility index (Phi) is 4.61. The summed E-state index contributed by atoms with van der Waals surface area (Å²) in [5.74, 6) is 0. The molecular formula is C16H26N2O. The van der Waals surface area contributed by atoms with Gasteiger partial charge in [0.1, 0.15) is 0 Å². The fraction of sp³-hybridized carbons (Fsp3) is 0.625. The van der Waals surface area contributed by atoms with Gasteiger partial charge in [-0.25, -0.2) is 0 Å². The number of nitrogens with one attached hydrogen (secondary N) is 1. The third-order valence-corrected chi connectivity index (χ3v) is 3.78. The van der Waals surface area contributed by atoms with E-state index in [0.29, 0.717) is 6.04 Å². The van der Waals surface area contributed by atoms with Crippen molar-refractivity contribution in [3.05, 3.63) is 35.4 Å². The maximum Gasteiger partial charge on any atom is 0.0529 e. The van der Waals surface area contributed by atoms with E-state index < -0.39 is 0 Å². The number of hydrogen-bond acceptors (Lipinski definition) is 3. The van der Waals surface area contributed by atoms with Crippen LogP contribution in [0.25, 0.3) is 0 Å². The molecule has 1 aliphatic carbocycles. The van der Waals surface area contributed by atoms with Crippen LogP contribution in [0, 0.1) is 5.41 Å². The van der Waals surface area contributed by atoms with Crippen molar-refractivity contribution in [2.75, 3.05) is 19.8 Å². The molecule has 1 aliphatic rings. The SMILES string of the molecule is CCOCC(C)(C)CNC1CC(N)c2ccccc21. The van der Waals surface area contributed by atoms with E-state index >= 15 is 0 Å². The van der Waals surface area contributed by atoms with E-state index in [0.717, 1.165) is 26.2 Å². The Bertz CT molecular complexity index is 417. The third kappa shape index (κ3) is 3.56. The van der Waals surface area contributed by atoms with Crippen LogP contribution in [0.5, 0.6) is 0 Å². The maximum absolute atomic E-state index is 6.19. The molecule has 2 atom stereocenters. The number of fused-ring (bicyclic) bond motifs is 1. The van der Waals surface area contributed by atoms with Gasteiger partial charge in [0.15, 0.2) is 0 Å². The van der Waals surface area contributed by atoms with Gasteiger partial charge in [-0.3, -0.25) is 0 Å². The Labute approximate surface area is 116 Å². The molecule has 1 aromatic rings. The fourth-order valence-electron chi connectivity index (χ4n) is 2.70. The predicted molar refractivity (Wildman–Crippen MR) is 79.0 cm³/mol. The zero-order chi connectivity index (χ0) is 13.9. The van der Waals surface area contributed by atoms with Crippen molar-refractivity contribution in [3.8, 4) is 0 Å². The van der Waals surface area contributed by atoms with Gasteiger partial charge < -0.3 is 15.8 Å². The molecule has 0 heterocycles. The van der Waals surface area contributed by atoms with Crippen molar-refractivity contribution in [3.63, 3.8) is 0 Å². The summed E-state index contributed by atoms with van der Waals surface area (Å²) < 4.78 is 5.54. The summed E-state index contributed by atoms with van der Waals surface area (Å²) in [5.41, 5.74) is 9.00. The summed E-state index contributed by atoms with van der Waals surface area (Å²) in [6.07, 6.45) is 0.990. The first kappa shape index (κ1) is 14.5. The number of ether oxygens (including phenoxy) is 1. The fourth-order valence-corrected chi connectivity index (χ4v) is 2.70. The van der Waals surface area contributed by atoms with E-state index in [9.17, 15) is 0 Å². The summed E-state index contributed by atoms with van der Waals surface area (Å²) in [6, 6.07) is 9.05. The molecule has 3 heteroatoms. The first-order valence-corrected chi connectivity index (χ1v) is 7.19. The molecule has 0 amide bonds. The normalized spacial score (nSPS) is 22.5. The van der Waals surface area contributed by atoms with Crippen molar-refractivity contribution in [1.82, 2.24) is 5.32 Å².